The van der Waals surface area contributed by atoms with Crippen LogP contribution in [-0.4, -0.2) is 76.3 Å². The Kier molecular flexibility index (Phi) is 7.49. The van der Waals surface area contributed by atoms with Gasteiger partial charge in [0.2, 0.25) is 0 Å². The number of aromatic amines is 1. The third kappa shape index (κ3) is 5.23. The van der Waals surface area contributed by atoms with Crippen molar-refractivity contribution < 1.29 is 18.9 Å². The first-order valence-electron chi connectivity index (χ1n) is 12.6. The number of benzene rings is 1. The summed E-state index contributed by atoms with van der Waals surface area (Å²) in [5.74, 6) is 2.30. The van der Waals surface area contributed by atoms with Crippen LogP contribution in [0.15, 0.2) is 23.0 Å². The first-order chi connectivity index (χ1) is 17.5. The molecule has 1 saturated heterocycles. The number of hydrogen-bond acceptors (Lipinski definition) is 9. The summed E-state index contributed by atoms with van der Waals surface area (Å²) in [5, 5.41) is 13.5. The van der Waals surface area contributed by atoms with E-state index in [1.54, 1.807) is 11.8 Å². The summed E-state index contributed by atoms with van der Waals surface area (Å²) in [7, 11) is 1.66. The van der Waals surface area contributed by atoms with E-state index in [0.29, 0.717) is 56.5 Å². The second kappa shape index (κ2) is 10.9. The van der Waals surface area contributed by atoms with E-state index in [1.807, 2.05) is 18.2 Å². The number of hydrogen-bond donors (Lipinski definition) is 1. The van der Waals surface area contributed by atoms with E-state index in [9.17, 15) is 4.79 Å². The zero-order valence-corrected chi connectivity index (χ0v) is 21.1. The fourth-order valence-corrected chi connectivity index (χ4v) is 5.09. The van der Waals surface area contributed by atoms with Crippen LogP contribution in [0.5, 0.6) is 11.5 Å². The number of aromatic nitrogens is 5. The number of ether oxygens (including phenoxy) is 4. The number of nitrogens with zero attached hydrogens (tertiary/aromatic N) is 5. The highest BCUT2D eigenvalue weighted by molar-refractivity contribution is 5.83. The fourth-order valence-electron chi connectivity index (χ4n) is 5.09. The molecule has 0 unspecified atom stereocenters. The lowest BCUT2D eigenvalue weighted by Gasteiger charge is -2.35. The molecule has 2 aromatic heterocycles. The second-order valence-corrected chi connectivity index (χ2v) is 9.71. The Morgan fingerprint density at radius 2 is 2.00 bits per heavy atom. The number of rotatable bonds is 10. The van der Waals surface area contributed by atoms with Crippen LogP contribution < -0.4 is 15.0 Å². The standard InChI is InChI=1S/C25H34N6O5/c1-16(2)23(24-27-28-29-31(24)6-8-33-3)30(15-19-5-4-7-34-19)14-18-11-17-12-21-22(36-10-9-35-21)13-20(17)26-25(18)32/h11-13,16,19,23H,4-10,14-15H2,1-3H3,(H,26,32)/t19-,23+/m0/s1. The molecule has 2 atom stereocenters. The number of methoxy groups -OCH3 is 1. The van der Waals surface area contributed by atoms with E-state index in [4.69, 9.17) is 18.9 Å². The van der Waals surface area contributed by atoms with Crippen molar-refractivity contribution in [2.24, 2.45) is 5.92 Å². The van der Waals surface area contributed by atoms with Crippen molar-refractivity contribution in [3.8, 4) is 11.5 Å². The molecule has 4 heterocycles. The summed E-state index contributed by atoms with van der Waals surface area (Å²) in [5.41, 5.74) is 1.26. The molecule has 2 aliphatic heterocycles. The van der Waals surface area contributed by atoms with E-state index < -0.39 is 0 Å². The highest BCUT2D eigenvalue weighted by atomic mass is 16.6. The molecule has 5 rings (SSSR count). The van der Waals surface area contributed by atoms with Crippen LogP contribution in [0, 0.1) is 5.92 Å². The molecule has 36 heavy (non-hydrogen) atoms. The van der Waals surface area contributed by atoms with Gasteiger partial charge >= 0.3 is 0 Å². The summed E-state index contributed by atoms with van der Waals surface area (Å²) in [6.45, 7) is 8.25. The van der Waals surface area contributed by atoms with Gasteiger partial charge in [-0.2, -0.15) is 0 Å². The van der Waals surface area contributed by atoms with E-state index in [2.05, 4.69) is 39.3 Å². The summed E-state index contributed by atoms with van der Waals surface area (Å²) in [6, 6.07) is 5.59. The molecule has 194 valence electrons. The molecule has 1 fully saturated rings. The lowest BCUT2D eigenvalue weighted by atomic mass is 9.99. The average molecular weight is 499 g/mol. The summed E-state index contributed by atoms with van der Waals surface area (Å²) in [4.78, 5) is 18.5. The maximum Gasteiger partial charge on any atom is 0.252 e. The SMILES string of the molecule is COCCn1nnnc1[C@@H](C(C)C)N(Cc1cc2cc3c(cc2[nH]c1=O)OCCO3)C[C@@H]1CCCO1. The van der Waals surface area contributed by atoms with Gasteiger partial charge in [-0.1, -0.05) is 13.8 Å². The zero-order valence-electron chi connectivity index (χ0n) is 21.1. The smallest absolute Gasteiger partial charge is 0.252 e. The molecule has 0 amide bonds. The molecule has 0 saturated carbocycles. The molecular weight excluding hydrogens is 464 g/mol. The van der Waals surface area contributed by atoms with Crippen LogP contribution in [-0.2, 0) is 22.6 Å². The molecule has 0 aliphatic carbocycles. The monoisotopic (exact) mass is 498 g/mol. The topological polar surface area (TPSA) is 117 Å². The minimum atomic E-state index is -0.127. The van der Waals surface area contributed by atoms with Crippen molar-refractivity contribution in [1.29, 1.82) is 0 Å². The molecule has 1 aromatic carbocycles. The summed E-state index contributed by atoms with van der Waals surface area (Å²) < 4.78 is 24.5. The molecule has 11 nitrogen and oxygen atoms in total. The van der Waals surface area contributed by atoms with Crippen LogP contribution in [0.2, 0.25) is 0 Å². The van der Waals surface area contributed by atoms with Gasteiger partial charge in [0.25, 0.3) is 5.56 Å². The lowest BCUT2D eigenvalue weighted by molar-refractivity contribution is 0.0379. The van der Waals surface area contributed by atoms with Gasteiger partial charge in [0.05, 0.1) is 30.8 Å². The van der Waals surface area contributed by atoms with Crippen molar-refractivity contribution in [3.05, 3.63) is 39.9 Å². The number of fused-ring (bicyclic) bond motifs is 2. The molecule has 0 spiro atoms. The lowest BCUT2D eigenvalue weighted by Crippen LogP contribution is -2.40. The van der Waals surface area contributed by atoms with Crippen LogP contribution in [0.3, 0.4) is 0 Å². The molecule has 2 aliphatic rings. The molecule has 1 N–H and O–H groups in total. The number of nitrogens with one attached hydrogen (secondary N) is 1. The summed E-state index contributed by atoms with van der Waals surface area (Å²) in [6.07, 6.45) is 2.14. The predicted octanol–water partition coefficient (Wildman–Crippen LogP) is 2.31. The quantitative estimate of drug-likeness (QED) is 0.449. The van der Waals surface area contributed by atoms with Crippen LogP contribution in [0.1, 0.15) is 44.1 Å². The van der Waals surface area contributed by atoms with Gasteiger partial charge in [0.1, 0.15) is 13.2 Å². The Labute approximate surface area is 209 Å². The highest BCUT2D eigenvalue weighted by Crippen LogP contribution is 2.34. The number of H-pyrrole nitrogens is 1. The highest BCUT2D eigenvalue weighted by Gasteiger charge is 2.32. The van der Waals surface area contributed by atoms with Crippen LogP contribution in [0.25, 0.3) is 10.9 Å². The Hall–Kier alpha value is -3.02. The van der Waals surface area contributed by atoms with Crippen molar-refractivity contribution in [2.45, 2.75) is 51.9 Å². The first-order valence-corrected chi connectivity index (χ1v) is 12.6. The average Bonchev–Trinajstić information content (AvgIpc) is 3.54. The van der Waals surface area contributed by atoms with Crippen LogP contribution in [0.4, 0.5) is 0 Å². The fraction of sp³-hybridized carbons (Fsp3) is 0.600. The van der Waals surface area contributed by atoms with Gasteiger partial charge in [0, 0.05) is 43.8 Å². The number of tetrazole rings is 1. The van der Waals surface area contributed by atoms with Crippen LogP contribution >= 0.6 is 0 Å². The summed E-state index contributed by atoms with van der Waals surface area (Å²) >= 11 is 0. The van der Waals surface area contributed by atoms with Crippen molar-refractivity contribution in [3.63, 3.8) is 0 Å². The Morgan fingerprint density at radius 3 is 2.72 bits per heavy atom. The van der Waals surface area contributed by atoms with Gasteiger partial charge in [-0.25, -0.2) is 4.68 Å². The van der Waals surface area contributed by atoms with E-state index >= 15 is 0 Å². The Balaban J connectivity index is 1.50. The van der Waals surface area contributed by atoms with Crippen molar-refractivity contribution >= 4 is 10.9 Å². The van der Waals surface area contributed by atoms with E-state index in [0.717, 1.165) is 36.2 Å². The minimum Gasteiger partial charge on any atom is -0.486 e. The number of pyridine rings is 1. The van der Waals surface area contributed by atoms with Gasteiger partial charge in [-0.3, -0.25) is 9.69 Å². The molecule has 11 heteroatoms. The largest absolute Gasteiger partial charge is 0.486 e. The third-order valence-electron chi connectivity index (χ3n) is 6.78. The van der Waals surface area contributed by atoms with Gasteiger partial charge in [-0.15, -0.1) is 5.10 Å². The van der Waals surface area contributed by atoms with E-state index in [-0.39, 0.29) is 23.6 Å². The van der Waals surface area contributed by atoms with Crippen molar-refractivity contribution in [2.75, 3.05) is 40.1 Å². The predicted molar refractivity (Wildman–Crippen MR) is 132 cm³/mol. The maximum atomic E-state index is 13.2. The normalized spacial score (nSPS) is 18.4. The maximum absolute atomic E-state index is 13.2. The van der Waals surface area contributed by atoms with Gasteiger partial charge in [0.15, 0.2) is 17.3 Å². The Bertz CT molecular complexity index is 1240. The zero-order chi connectivity index (χ0) is 25.1. The Morgan fingerprint density at radius 1 is 1.19 bits per heavy atom. The third-order valence-corrected chi connectivity index (χ3v) is 6.78. The molecule has 3 aromatic rings. The molecular formula is C25H34N6O5. The first kappa shape index (κ1) is 24.7. The van der Waals surface area contributed by atoms with Crippen molar-refractivity contribution in [1.82, 2.24) is 30.1 Å². The molecule has 0 radical (unpaired) electrons. The van der Waals surface area contributed by atoms with E-state index in [1.165, 1.54) is 0 Å². The second-order valence-electron chi connectivity index (χ2n) is 9.71. The minimum absolute atomic E-state index is 0.103. The van der Waals surface area contributed by atoms with Gasteiger partial charge in [-0.05, 0) is 41.3 Å². The molecule has 0 bridgehead atoms. The van der Waals surface area contributed by atoms with Gasteiger partial charge < -0.3 is 23.9 Å².